The fourth-order valence-corrected chi connectivity index (χ4v) is 2.11. The molecule has 0 fully saturated rings. The van der Waals surface area contributed by atoms with Crippen molar-refractivity contribution in [2.45, 2.75) is 6.18 Å². The van der Waals surface area contributed by atoms with E-state index < -0.39 is 23.4 Å². The number of halogens is 4. The van der Waals surface area contributed by atoms with Crippen LogP contribution < -0.4 is 5.73 Å². The van der Waals surface area contributed by atoms with E-state index in [2.05, 4.69) is 0 Å². The molecular weight excluding hydrogens is 319 g/mol. The lowest BCUT2D eigenvalue weighted by atomic mass is 10.0. The Morgan fingerprint density at radius 1 is 0.955 bits per heavy atom. The molecule has 0 saturated carbocycles. The zero-order valence-electron chi connectivity index (χ0n) is 10.9. The van der Waals surface area contributed by atoms with Crippen molar-refractivity contribution < 1.29 is 22.8 Å². The third-order valence-corrected chi connectivity index (χ3v) is 3.28. The van der Waals surface area contributed by atoms with Crippen LogP contribution in [0.15, 0.2) is 42.5 Å². The highest BCUT2D eigenvalue weighted by Gasteiger charge is 2.30. The largest absolute Gasteiger partial charge is 0.416 e. The van der Waals surface area contributed by atoms with E-state index in [4.69, 9.17) is 17.3 Å². The van der Waals surface area contributed by atoms with Crippen molar-refractivity contribution in [3.05, 3.63) is 69.7 Å². The van der Waals surface area contributed by atoms with Crippen LogP contribution in [0.2, 0.25) is 5.02 Å². The molecule has 0 unspecified atom stereocenters. The van der Waals surface area contributed by atoms with E-state index >= 15 is 0 Å². The quantitative estimate of drug-likeness (QED) is 0.874. The molecule has 3 nitrogen and oxygen atoms in total. The average Bonchev–Trinajstić information content (AvgIpc) is 2.45. The zero-order chi connectivity index (χ0) is 16.5. The van der Waals surface area contributed by atoms with Gasteiger partial charge in [-0.25, -0.2) is 0 Å². The summed E-state index contributed by atoms with van der Waals surface area (Å²) < 4.78 is 37.4. The second-order valence-electron chi connectivity index (χ2n) is 4.46. The van der Waals surface area contributed by atoms with Gasteiger partial charge >= 0.3 is 6.18 Å². The molecule has 114 valence electrons. The first kappa shape index (κ1) is 16.0. The van der Waals surface area contributed by atoms with E-state index in [1.54, 1.807) is 0 Å². The molecule has 0 saturated heterocycles. The normalized spacial score (nSPS) is 11.3. The third-order valence-electron chi connectivity index (χ3n) is 2.97. The molecular formula is C15H9ClF3NO2. The molecule has 0 heterocycles. The molecule has 22 heavy (non-hydrogen) atoms. The SMILES string of the molecule is NC(=O)c1ccc(C(=O)c2ccc(C(F)(F)F)cc2)cc1Cl. The Bertz CT molecular complexity index is 739. The summed E-state index contributed by atoms with van der Waals surface area (Å²) in [5, 5.41) is 0.00487. The van der Waals surface area contributed by atoms with Crippen LogP contribution in [0, 0.1) is 0 Å². The van der Waals surface area contributed by atoms with E-state index in [0.717, 1.165) is 24.3 Å². The zero-order valence-corrected chi connectivity index (χ0v) is 11.7. The van der Waals surface area contributed by atoms with Gasteiger partial charge in [0.2, 0.25) is 5.91 Å². The van der Waals surface area contributed by atoms with Crippen LogP contribution in [0.1, 0.15) is 31.8 Å². The van der Waals surface area contributed by atoms with E-state index in [1.807, 2.05) is 0 Å². The number of carbonyl (C=O) groups excluding carboxylic acids is 2. The van der Waals surface area contributed by atoms with Gasteiger partial charge in [0.25, 0.3) is 0 Å². The second-order valence-corrected chi connectivity index (χ2v) is 4.87. The molecule has 2 aromatic rings. The summed E-state index contributed by atoms with van der Waals surface area (Å²) in [6.07, 6.45) is -4.46. The summed E-state index contributed by atoms with van der Waals surface area (Å²) in [6.45, 7) is 0. The molecule has 0 bridgehead atoms. The first-order chi connectivity index (χ1) is 10.2. The van der Waals surface area contributed by atoms with Gasteiger partial charge in [0.05, 0.1) is 16.1 Å². The first-order valence-corrected chi connectivity index (χ1v) is 6.39. The van der Waals surface area contributed by atoms with Crippen LogP contribution in [0.4, 0.5) is 13.2 Å². The number of amides is 1. The molecule has 7 heteroatoms. The summed E-state index contributed by atoms with van der Waals surface area (Å²) in [4.78, 5) is 23.2. The summed E-state index contributed by atoms with van der Waals surface area (Å²) in [5.41, 5.74) is 4.54. The summed E-state index contributed by atoms with van der Waals surface area (Å²) in [6, 6.07) is 7.71. The smallest absolute Gasteiger partial charge is 0.366 e. The Morgan fingerprint density at radius 3 is 1.95 bits per heavy atom. The van der Waals surface area contributed by atoms with Crippen molar-refractivity contribution in [1.82, 2.24) is 0 Å². The van der Waals surface area contributed by atoms with Crippen molar-refractivity contribution in [2.24, 2.45) is 5.73 Å². The number of ketones is 1. The molecule has 2 aromatic carbocycles. The standard InChI is InChI=1S/C15H9ClF3NO2/c16-12-7-9(3-6-11(12)14(20)22)13(21)8-1-4-10(5-2-8)15(17,18)19/h1-7H,(H2,20,22). The molecule has 2 rings (SSSR count). The molecule has 0 aliphatic carbocycles. The number of nitrogens with two attached hydrogens (primary N) is 1. The van der Waals surface area contributed by atoms with Gasteiger partial charge in [-0.1, -0.05) is 29.8 Å². The molecule has 0 atom stereocenters. The maximum atomic E-state index is 12.5. The topological polar surface area (TPSA) is 60.2 Å². The van der Waals surface area contributed by atoms with Gasteiger partial charge in [0.1, 0.15) is 0 Å². The van der Waals surface area contributed by atoms with Gasteiger partial charge < -0.3 is 5.73 Å². The van der Waals surface area contributed by atoms with Gasteiger partial charge in [-0.05, 0) is 24.3 Å². The number of benzene rings is 2. The lowest BCUT2D eigenvalue weighted by Crippen LogP contribution is -2.12. The van der Waals surface area contributed by atoms with Crippen molar-refractivity contribution in [3.8, 4) is 0 Å². The second kappa shape index (κ2) is 5.81. The Morgan fingerprint density at radius 2 is 1.50 bits per heavy atom. The molecule has 0 aromatic heterocycles. The van der Waals surface area contributed by atoms with Gasteiger partial charge in [-0.3, -0.25) is 9.59 Å². The highest BCUT2D eigenvalue weighted by atomic mass is 35.5. The summed E-state index contributed by atoms with van der Waals surface area (Å²) in [7, 11) is 0. The maximum absolute atomic E-state index is 12.5. The van der Waals surface area contributed by atoms with Crippen molar-refractivity contribution in [1.29, 1.82) is 0 Å². The predicted octanol–water partition coefficient (Wildman–Crippen LogP) is 3.69. The van der Waals surface area contributed by atoms with Gasteiger partial charge in [-0.2, -0.15) is 13.2 Å². The minimum Gasteiger partial charge on any atom is -0.366 e. The van der Waals surface area contributed by atoms with Crippen LogP contribution in [-0.2, 0) is 6.18 Å². The van der Waals surface area contributed by atoms with Gasteiger partial charge in [-0.15, -0.1) is 0 Å². The summed E-state index contributed by atoms with van der Waals surface area (Å²) >= 11 is 5.84. The number of rotatable bonds is 3. The number of alkyl halides is 3. The first-order valence-electron chi connectivity index (χ1n) is 6.01. The minimum atomic E-state index is -4.46. The maximum Gasteiger partial charge on any atom is 0.416 e. The Hall–Kier alpha value is -2.34. The molecule has 2 N–H and O–H groups in total. The fourth-order valence-electron chi connectivity index (χ4n) is 1.83. The molecule has 0 aliphatic heterocycles. The van der Waals surface area contributed by atoms with Crippen LogP contribution in [0.25, 0.3) is 0 Å². The van der Waals surface area contributed by atoms with E-state index in [1.165, 1.54) is 18.2 Å². The predicted molar refractivity (Wildman–Crippen MR) is 74.8 cm³/mol. The molecule has 0 radical (unpaired) electrons. The average molecular weight is 328 g/mol. The van der Waals surface area contributed by atoms with Crippen molar-refractivity contribution in [2.75, 3.05) is 0 Å². The molecule has 0 spiro atoms. The van der Waals surface area contributed by atoms with E-state index in [0.29, 0.717) is 0 Å². The van der Waals surface area contributed by atoms with E-state index in [-0.39, 0.29) is 21.7 Å². The Balaban J connectivity index is 2.32. The lowest BCUT2D eigenvalue weighted by molar-refractivity contribution is -0.137. The minimum absolute atomic E-state index is 0.00487. The van der Waals surface area contributed by atoms with E-state index in [9.17, 15) is 22.8 Å². The highest BCUT2D eigenvalue weighted by Crippen LogP contribution is 2.29. The van der Waals surface area contributed by atoms with Gasteiger partial charge in [0.15, 0.2) is 5.78 Å². The van der Waals surface area contributed by atoms with Crippen LogP contribution >= 0.6 is 11.6 Å². The fraction of sp³-hybridized carbons (Fsp3) is 0.0667. The monoisotopic (exact) mass is 327 g/mol. The molecule has 0 aliphatic rings. The highest BCUT2D eigenvalue weighted by molar-refractivity contribution is 6.34. The van der Waals surface area contributed by atoms with Crippen LogP contribution in [-0.4, -0.2) is 11.7 Å². The van der Waals surface area contributed by atoms with Gasteiger partial charge in [0, 0.05) is 11.1 Å². The number of primary amides is 1. The molecule has 1 amide bonds. The third kappa shape index (κ3) is 3.28. The lowest BCUT2D eigenvalue weighted by Gasteiger charge is -2.08. The number of carbonyl (C=O) groups is 2. The van der Waals surface area contributed by atoms with Crippen LogP contribution in [0.3, 0.4) is 0 Å². The van der Waals surface area contributed by atoms with Crippen molar-refractivity contribution >= 4 is 23.3 Å². The number of hydrogen-bond acceptors (Lipinski definition) is 2. The van der Waals surface area contributed by atoms with Crippen molar-refractivity contribution in [3.63, 3.8) is 0 Å². The number of hydrogen-bond donors (Lipinski definition) is 1. The van der Waals surface area contributed by atoms with Crippen LogP contribution in [0.5, 0.6) is 0 Å². The Labute approximate surface area is 128 Å². The summed E-state index contributed by atoms with van der Waals surface area (Å²) in [5.74, 6) is -1.25. The Kier molecular flexibility index (Phi) is 4.23.